The molecule has 3 aromatic carbocycles. The largest absolute Gasteiger partial charge is 0.494 e. The highest BCUT2D eigenvalue weighted by atomic mass is 79.9. The molecule has 3 heterocycles. The number of carbonyl (C=O) groups is 1. The lowest BCUT2D eigenvalue weighted by Crippen LogP contribution is -2.29. The van der Waals surface area contributed by atoms with Crippen LogP contribution in [-0.2, 0) is 6.54 Å². The molecule has 36 heavy (non-hydrogen) atoms. The van der Waals surface area contributed by atoms with E-state index in [1.165, 1.54) is 0 Å². The minimum Gasteiger partial charge on any atom is -0.494 e. The third-order valence-corrected chi connectivity index (χ3v) is 6.86. The maximum Gasteiger partial charge on any atom is 0.291 e. The van der Waals surface area contributed by atoms with Crippen LogP contribution in [0.3, 0.4) is 0 Å². The number of hydrogen-bond acceptors (Lipinski definition) is 6. The van der Waals surface area contributed by atoms with E-state index in [1.54, 1.807) is 23.1 Å². The average Bonchev–Trinajstić information content (AvgIpc) is 3.46. The van der Waals surface area contributed by atoms with Crippen LogP contribution in [0.1, 0.15) is 46.6 Å². The van der Waals surface area contributed by atoms with E-state index in [1.807, 2.05) is 49.4 Å². The maximum absolute atomic E-state index is 13.8. The van der Waals surface area contributed by atoms with Crippen LogP contribution < -0.4 is 19.6 Å². The van der Waals surface area contributed by atoms with Crippen molar-refractivity contribution in [3.8, 4) is 17.2 Å². The number of benzene rings is 3. The first-order valence-corrected chi connectivity index (χ1v) is 12.5. The first-order valence-electron chi connectivity index (χ1n) is 11.7. The Morgan fingerprint density at radius 2 is 1.89 bits per heavy atom. The van der Waals surface area contributed by atoms with E-state index in [0.717, 1.165) is 22.0 Å². The Balaban J connectivity index is 1.50. The lowest BCUT2D eigenvalue weighted by atomic mass is 9.98. The minimum atomic E-state index is -0.636. The Hall–Kier alpha value is -3.78. The second kappa shape index (κ2) is 9.02. The highest BCUT2D eigenvalue weighted by molar-refractivity contribution is 9.10. The smallest absolute Gasteiger partial charge is 0.291 e. The van der Waals surface area contributed by atoms with Gasteiger partial charge in [-0.2, -0.15) is 0 Å². The molecule has 1 amide bonds. The van der Waals surface area contributed by atoms with Crippen LogP contribution >= 0.6 is 15.9 Å². The van der Waals surface area contributed by atoms with Crippen molar-refractivity contribution in [2.45, 2.75) is 25.9 Å². The van der Waals surface area contributed by atoms with Gasteiger partial charge >= 0.3 is 0 Å². The summed E-state index contributed by atoms with van der Waals surface area (Å²) in [4.78, 5) is 29.2. The van der Waals surface area contributed by atoms with Gasteiger partial charge in [-0.3, -0.25) is 9.59 Å². The molecule has 0 spiro atoms. The summed E-state index contributed by atoms with van der Waals surface area (Å²) in [5, 5.41) is 0.421. The lowest BCUT2D eigenvalue weighted by Gasteiger charge is -2.25. The standard InChI is InChI=1S/C28H22BrNO6/c1-2-10-33-19-5-3-4-17(12-19)25-24-26(31)20-13-18(29)7-9-21(20)36-27(24)28(32)30(25)14-16-6-8-22-23(11-16)35-15-34-22/h3-9,11-13,25H,2,10,14-15H2,1H3. The van der Waals surface area contributed by atoms with Gasteiger partial charge in [-0.15, -0.1) is 0 Å². The summed E-state index contributed by atoms with van der Waals surface area (Å²) in [7, 11) is 0. The van der Waals surface area contributed by atoms with E-state index in [2.05, 4.69) is 15.9 Å². The van der Waals surface area contributed by atoms with Crippen LogP contribution in [0.15, 0.2) is 74.3 Å². The summed E-state index contributed by atoms with van der Waals surface area (Å²) in [5.41, 5.74) is 2.11. The van der Waals surface area contributed by atoms with Gasteiger partial charge in [0.05, 0.1) is 23.6 Å². The molecule has 4 aromatic rings. The first kappa shape index (κ1) is 22.7. The number of halogens is 1. The molecule has 0 bridgehead atoms. The van der Waals surface area contributed by atoms with Crippen LogP contribution in [0.5, 0.6) is 17.2 Å². The molecule has 0 fully saturated rings. The number of rotatable bonds is 6. The van der Waals surface area contributed by atoms with Crippen molar-refractivity contribution in [3.63, 3.8) is 0 Å². The van der Waals surface area contributed by atoms with Crippen molar-refractivity contribution in [3.05, 3.63) is 97.8 Å². The molecular formula is C28H22BrNO6. The van der Waals surface area contributed by atoms with Gasteiger partial charge in [0.1, 0.15) is 11.3 Å². The predicted octanol–water partition coefficient (Wildman–Crippen LogP) is 5.82. The van der Waals surface area contributed by atoms with Crippen LogP contribution in [0, 0.1) is 0 Å². The molecule has 0 aliphatic carbocycles. The van der Waals surface area contributed by atoms with Crippen molar-refractivity contribution >= 4 is 32.8 Å². The topological polar surface area (TPSA) is 78.2 Å². The highest BCUT2D eigenvalue weighted by Gasteiger charge is 2.43. The quantitative estimate of drug-likeness (QED) is 0.302. The zero-order valence-electron chi connectivity index (χ0n) is 19.5. The Labute approximate surface area is 215 Å². The molecule has 182 valence electrons. The van der Waals surface area contributed by atoms with E-state index in [9.17, 15) is 9.59 Å². The van der Waals surface area contributed by atoms with Gasteiger partial charge in [0.25, 0.3) is 5.91 Å². The predicted molar refractivity (Wildman–Crippen MR) is 137 cm³/mol. The number of amides is 1. The first-order chi connectivity index (χ1) is 17.5. The van der Waals surface area contributed by atoms with Gasteiger partial charge in [0.15, 0.2) is 16.9 Å². The Morgan fingerprint density at radius 3 is 2.75 bits per heavy atom. The van der Waals surface area contributed by atoms with E-state index in [0.29, 0.717) is 40.4 Å². The van der Waals surface area contributed by atoms with E-state index >= 15 is 0 Å². The van der Waals surface area contributed by atoms with Crippen molar-refractivity contribution in [2.24, 2.45) is 0 Å². The van der Waals surface area contributed by atoms with E-state index < -0.39 is 6.04 Å². The summed E-state index contributed by atoms with van der Waals surface area (Å²) in [6.07, 6.45) is 0.871. The molecule has 1 aromatic heterocycles. The average molecular weight is 548 g/mol. The third-order valence-electron chi connectivity index (χ3n) is 6.36. The van der Waals surface area contributed by atoms with Crippen molar-refractivity contribution < 1.29 is 23.4 Å². The highest BCUT2D eigenvalue weighted by Crippen LogP contribution is 2.41. The van der Waals surface area contributed by atoms with Gasteiger partial charge in [-0.25, -0.2) is 0 Å². The van der Waals surface area contributed by atoms with Crippen LogP contribution in [0.4, 0.5) is 0 Å². The molecule has 2 aliphatic heterocycles. The van der Waals surface area contributed by atoms with Crippen molar-refractivity contribution in [1.29, 1.82) is 0 Å². The minimum absolute atomic E-state index is 0.0699. The fraction of sp³-hybridized carbons (Fsp3) is 0.214. The van der Waals surface area contributed by atoms with Gasteiger partial charge in [0, 0.05) is 11.0 Å². The second-order valence-corrected chi connectivity index (χ2v) is 9.67. The number of carbonyl (C=O) groups excluding carboxylic acids is 1. The maximum atomic E-state index is 13.8. The molecule has 0 N–H and O–H groups in total. The number of nitrogens with zero attached hydrogens (tertiary/aromatic N) is 1. The fourth-order valence-electron chi connectivity index (χ4n) is 4.73. The second-order valence-electron chi connectivity index (χ2n) is 8.76. The Morgan fingerprint density at radius 1 is 1.03 bits per heavy atom. The van der Waals surface area contributed by atoms with Crippen molar-refractivity contribution in [2.75, 3.05) is 13.4 Å². The van der Waals surface area contributed by atoms with Gasteiger partial charge < -0.3 is 23.5 Å². The summed E-state index contributed by atoms with van der Waals surface area (Å²) in [5.74, 6) is 1.72. The molecule has 2 aliphatic rings. The number of ether oxygens (including phenoxy) is 3. The molecule has 8 heteroatoms. The molecule has 1 atom stereocenters. The fourth-order valence-corrected chi connectivity index (χ4v) is 5.09. The van der Waals surface area contributed by atoms with Gasteiger partial charge in [-0.05, 0) is 60.0 Å². The molecular weight excluding hydrogens is 526 g/mol. The number of hydrogen-bond donors (Lipinski definition) is 0. The summed E-state index contributed by atoms with van der Waals surface area (Å²) in [6.45, 7) is 3.03. The molecule has 0 radical (unpaired) electrons. The van der Waals surface area contributed by atoms with Crippen molar-refractivity contribution in [1.82, 2.24) is 4.90 Å². The lowest BCUT2D eigenvalue weighted by molar-refractivity contribution is 0.0714. The third kappa shape index (κ3) is 3.82. The Kier molecular flexibility index (Phi) is 5.68. The monoisotopic (exact) mass is 547 g/mol. The van der Waals surface area contributed by atoms with Gasteiger partial charge in [0.2, 0.25) is 12.6 Å². The normalized spacial score (nSPS) is 16.0. The molecule has 0 saturated carbocycles. The number of fused-ring (bicyclic) bond motifs is 3. The molecule has 7 nitrogen and oxygen atoms in total. The summed E-state index contributed by atoms with van der Waals surface area (Å²) in [6, 6.07) is 17.7. The van der Waals surface area contributed by atoms with E-state index in [4.69, 9.17) is 18.6 Å². The zero-order chi connectivity index (χ0) is 24.8. The summed E-state index contributed by atoms with van der Waals surface area (Å²) < 4.78 is 23.6. The van der Waals surface area contributed by atoms with E-state index in [-0.39, 0.29) is 30.4 Å². The molecule has 0 saturated heterocycles. The molecule has 6 rings (SSSR count). The van der Waals surface area contributed by atoms with Crippen LogP contribution in [-0.4, -0.2) is 24.2 Å². The van der Waals surface area contributed by atoms with Crippen LogP contribution in [0.2, 0.25) is 0 Å². The molecule has 1 unspecified atom stereocenters. The SMILES string of the molecule is CCCOc1cccc(C2c3c(oc4ccc(Br)cc4c3=O)C(=O)N2Cc2ccc3c(c2)OCO3)c1. The zero-order valence-corrected chi connectivity index (χ0v) is 21.0. The van der Waals surface area contributed by atoms with Gasteiger partial charge in [-0.1, -0.05) is 41.1 Å². The van der Waals surface area contributed by atoms with Crippen LogP contribution in [0.25, 0.3) is 11.0 Å². The summed E-state index contributed by atoms with van der Waals surface area (Å²) >= 11 is 3.44. The Bertz CT molecular complexity index is 1560.